The van der Waals surface area contributed by atoms with Crippen LogP contribution in [0.15, 0.2) is 42.5 Å². The Bertz CT molecular complexity index is 693. The minimum absolute atomic E-state index is 0.0396. The molecule has 0 heterocycles. The summed E-state index contributed by atoms with van der Waals surface area (Å²) in [5.41, 5.74) is 0.621. The number of nitriles is 1. The van der Waals surface area contributed by atoms with E-state index in [4.69, 9.17) is 21.6 Å². The van der Waals surface area contributed by atoms with Gasteiger partial charge >= 0.3 is 0 Å². The second kappa shape index (κ2) is 6.64. The van der Waals surface area contributed by atoms with E-state index in [2.05, 4.69) is 5.32 Å². The maximum absolute atomic E-state index is 12.0. The standard InChI is InChI=1S/C15H11ClN2O3/c16-10-1-6-14(19)13(9-10)15(20)18-11-2-4-12(5-3-11)21-8-7-17/h1-6,9,19H,8H2,(H,18,20). The molecule has 0 saturated carbocycles. The highest BCUT2D eigenvalue weighted by Crippen LogP contribution is 2.23. The number of rotatable bonds is 4. The molecule has 0 aromatic heterocycles. The summed E-state index contributed by atoms with van der Waals surface area (Å²) in [6.45, 7) is -0.0396. The summed E-state index contributed by atoms with van der Waals surface area (Å²) < 4.78 is 5.10. The first-order valence-electron chi connectivity index (χ1n) is 6.00. The predicted octanol–water partition coefficient (Wildman–Crippen LogP) is 3.20. The molecule has 0 unspecified atom stereocenters. The lowest BCUT2D eigenvalue weighted by atomic mass is 10.2. The van der Waals surface area contributed by atoms with Crippen LogP contribution in [-0.4, -0.2) is 17.6 Å². The fraction of sp³-hybridized carbons (Fsp3) is 0.0667. The summed E-state index contributed by atoms with van der Waals surface area (Å²) >= 11 is 5.80. The second-order valence-corrected chi connectivity index (χ2v) is 4.52. The van der Waals surface area contributed by atoms with Crippen LogP contribution in [0.5, 0.6) is 11.5 Å². The van der Waals surface area contributed by atoms with Gasteiger partial charge in [0, 0.05) is 10.7 Å². The van der Waals surface area contributed by atoms with Gasteiger partial charge in [-0.05, 0) is 42.5 Å². The summed E-state index contributed by atoms with van der Waals surface area (Å²) in [7, 11) is 0. The number of phenolic OH excluding ortho intramolecular Hbond substituents is 1. The van der Waals surface area contributed by atoms with E-state index in [-0.39, 0.29) is 17.9 Å². The summed E-state index contributed by atoms with van der Waals surface area (Å²) in [6.07, 6.45) is 0. The second-order valence-electron chi connectivity index (χ2n) is 4.09. The van der Waals surface area contributed by atoms with Crippen LogP contribution in [0.2, 0.25) is 5.02 Å². The van der Waals surface area contributed by atoms with E-state index < -0.39 is 5.91 Å². The SMILES string of the molecule is N#CCOc1ccc(NC(=O)c2cc(Cl)ccc2O)cc1. The normalized spacial score (nSPS) is 9.71. The molecule has 2 N–H and O–H groups in total. The molecule has 0 aliphatic rings. The number of carbonyl (C=O) groups is 1. The van der Waals surface area contributed by atoms with E-state index in [1.165, 1.54) is 18.2 Å². The zero-order chi connectivity index (χ0) is 15.2. The summed E-state index contributed by atoms with van der Waals surface area (Å²) in [4.78, 5) is 12.0. The number of amides is 1. The van der Waals surface area contributed by atoms with Crippen molar-refractivity contribution in [3.05, 3.63) is 53.1 Å². The molecule has 0 aliphatic carbocycles. The number of anilines is 1. The minimum atomic E-state index is -0.472. The molecule has 0 spiro atoms. The Morgan fingerprint density at radius 1 is 1.29 bits per heavy atom. The summed E-state index contributed by atoms with van der Waals surface area (Å²) in [6, 6.07) is 12.6. The van der Waals surface area contributed by atoms with Crippen LogP contribution in [0.3, 0.4) is 0 Å². The lowest BCUT2D eigenvalue weighted by molar-refractivity contribution is 0.102. The Balaban J connectivity index is 2.09. The first-order chi connectivity index (χ1) is 10.1. The molecule has 21 heavy (non-hydrogen) atoms. The first-order valence-corrected chi connectivity index (χ1v) is 6.37. The summed E-state index contributed by atoms with van der Waals surface area (Å²) in [5, 5.41) is 21.1. The minimum Gasteiger partial charge on any atom is -0.507 e. The Kier molecular flexibility index (Phi) is 4.64. The Morgan fingerprint density at radius 2 is 2.00 bits per heavy atom. The van der Waals surface area contributed by atoms with Gasteiger partial charge in [0.25, 0.3) is 5.91 Å². The molecule has 5 nitrogen and oxygen atoms in total. The molecule has 0 saturated heterocycles. The quantitative estimate of drug-likeness (QED) is 0.908. The number of phenols is 1. The fourth-order valence-electron chi connectivity index (χ4n) is 1.64. The third-order valence-corrected chi connectivity index (χ3v) is 2.85. The van der Waals surface area contributed by atoms with Crippen molar-refractivity contribution in [3.63, 3.8) is 0 Å². The van der Waals surface area contributed by atoms with Crippen molar-refractivity contribution in [2.24, 2.45) is 0 Å². The molecule has 0 bridgehead atoms. The van der Waals surface area contributed by atoms with Crippen LogP contribution >= 0.6 is 11.6 Å². The van der Waals surface area contributed by atoms with Crippen LogP contribution < -0.4 is 10.1 Å². The molecule has 0 atom stereocenters. The Labute approximate surface area is 126 Å². The van der Waals surface area contributed by atoms with Crippen LogP contribution in [0.4, 0.5) is 5.69 Å². The highest BCUT2D eigenvalue weighted by atomic mass is 35.5. The number of halogens is 1. The van der Waals surface area contributed by atoms with Crippen LogP contribution in [0.25, 0.3) is 0 Å². The van der Waals surface area contributed by atoms with Gasteiger partial charge < -0.3 is 15.2 Å². The van der Waals surface area contributed by atoms with Gasteiger partial charge in [-0.15, -0.1) is 0 Å². The number of carbonyl (C=O) groups excluding carboxylic acids is 1. The smallest absolute Gasteiger partial charge is 0.259 e. The molecular formula is C15H11ClN2O3. The first kappa shape index (κ1) is 14.7. The number of hydrogen-bond acceptors (Lipinski definition) is 4. The van der Waals surface area contributed by atoms with E-state index in [0.717, 1.165) is 0 Å². The lowest BCUT2D eigenvalue weighted by Crippen LogP contribution is -2.12. The highest BCUT2D eigenvalue weighted by Gasteiger charge is 2.12. The summed E-state index contributed by atoms with van der Waals surface area (Å²) in [5.74, 6) is -0.0910. The van der Waals surface area contributed by atoms with E-state index in [1.54, 1.807) is 24.3 Å². The van der Waals surface area contributed by atoms with Crippen molar-refractivity contribution in [2.75, 3.05) is 11.9 Å². The molecule has 2 aromatic rings. The highest BCUT2D eigenvalue weighted by molar-refractivity contribution is 6.31. The molecule has 2 aromatic carbocycles. The van der Waals surface area contributed by atoms with Crippen molar-refractivity contribution in [3.8, 4) is 17.6 Å². The average Bonchev–Trinajstić information content (AvgIpc) is 2.49. The maximum Gasteiger partial charge on any atom is 0.259 e. The van der Waals surface area contributed by atoms with Crippen molar-refractivity contribution in [2.45, 2.75) is 0 Å². The number of hydrogen-bond donors (Lipinski definition) is 2. The molecule has 2 rings (SSSR count). The van der Waals surface area contributed by atoms with Gasteiger partial charge in [0.15, 0.2) is 6.61 Å². The lowest BCUT2D eigenvalue weighted by Gasteiger charge is -2.08. The predicted molar refractivity (Wildman–Crippen MR) is 78.6 cm³/mol. The largest absolute Gasteiger partial charge is 0.507 e. The van der Waals surface area contributed by atoms with Crippen LogP contribution in [0, 0.1) is 11.3 Å². The zero-order valence-corrected chi connectivity index (χ0v) is 11.6. The van der Waals surface area contributed by atoms with E-state index in [1.807, 2.05) is 6.07 Å². The van der Waals surface area contributed by atoms with Crippen molar-refractivity contribution in [1.29, 1.82) is 5.26 Å². The number of nitrogens with one attached hydrogen (secondary N) is 1. The van der Waals surface area contributed by atoms with Gasteiger partial charge in [-0.25, -0.2) is 0 Å². The van der Waals surface area contributed by atoms with E-state index in [0.29, 0.717) is 16.5 Å². The van der Waals surface area contributed by atoms with Gasteiger partial charge in [0.05, 0.1) is 5.56 Å². The zero-order valence-electron chi connectivity index (χ0n) is 10.8. The van der Waals surface area contributed by atoms with Crippen molar-refractivity contribution in [1.82, 2.24) is 0 Å². The topological polar surface area (TPSA) is 82.3 Å². The monoisotopic (exact) mass is 302 g/mol. The fourth-order valence-corrected chi connectivity index (χ4v) is 1.81. The van der Waals surface area contributed by atoms with Crippen LogP contribution in [-0.2, 0) is 0 Å². The Hall–Kier alpha value is -2.71. The number of nitrogens with zero attached hydrogens (tertiary/aromatic N) is 1. The molecule has 1 amide bonds. The molecule has 106 valence electrons. The van der Waals surface area contributed by atoms with Gasteiger partial charge in [0.2, 0.25) is 0 Å². The van der Waals surface area contributed by atoms with Crippen molar-refractivity contribution >= 4 is 23.2 Å². The number of benzene rings is 2. The average molecular weight is 303 g/mol. The molecule has 0 aliphatic heterocycles. The van der Waals surface area contributed by atoms with E-state index >= 15 is 0 Å². The molecule has 0 fully saturated rings. The molecule has 0 radical (unpaired) electrons. The maximum atomic E-state index is 12.0. The third-order valence-electron chi connectivity index (χ3n) is 2.62. The van der Waals surface area contributed by atoms with Crippen molar-refractivity contribution < 1.29 is 14.6 Å². The van der Waals surface area contributed by atoms with E-state index in [9.17, 15) is 9.90 Å². The number of ether oxygens (including phenoxy) is 1. The van der Waals surface area contributed by atoms with Crippen LogP contribution in [0.1, 0.15) is 10.4 Å². The number of aromatic hydroxyl groups is 1. The molecular weight excluding hydrogens is 292 g/mol. The van der Waals surface area contributed by atoms with Gasteiger partial charge in [-0.2, -0.15) is 5.26 Å². The van der Waals surface area contributed by atoms with Gasteiger partial charge in [-0.3, -0.25) is 4.79 Å². The Morgan fingerprint density at radius 3 is 2.67 bits per heavy atom. The van der Waals surface area contributed by atoms with Gasteiger partial charge in [-0.1, -0.05) is 11.6 Å². The molecule has 6 heteroatoms. The third kappa shape index (κ3) is 3.88. The van der Waals surface area contributed by atoms with Gasteiger partial charge in [0.1, 0.15) is 17.6 Å².